The number of likely N-dealkylation sites (N-methyl/N-ethyl adjacent to an activating group) is 1. The van der Waals surface area contributed by atoms with Gasteiger partial charge in [-0.05, 0) is 19.1 Å². The summed E-state index contributed by atoms with van der Waals surface area (Å²) in [5, 5.41) is 0. The molecule has 0 aliphatic carbocycles. The summed E-state index contributed by atoms with van der Waals surface area (Å²) < 4.78 is 0. The molecule has 2 N–H and O–H groups in total. The van der Waals surface area contributed by atoms with Crippen molar-refractivity contribution >= 4 is 34.5 Å². The standard InChI is InChI=1S/C13H17N3OS/c1-9(12(14)18)13(17)16-8-7-15(2)10-5-3-4-6-11(10)16/h3-6,9H,7-8H2,1-2H3,(H2,14,18). The lowest BCUT2D eigenvalue weighted by atomic mass is 10.1. The quantitative estimate of drug-likeness (QED) is 0.819. The minimum atomic E-state index is -0.420. The Hall–Kier alpha value is -1.62. The smallest absolute Gasteiger partial charge is 0.236 e. The van der Waals surface area contributed by atoms with Crippen LogP contribution in [0.2, 0.25) is 0 Å². The molecule has 5 heteroatoms. The fraction of sp³-hybridized carbons (Fsp3) is 0.385. The number of nitrogens with two attached hydrogens (primary N) is 1. The normalized spacial score (nSPS) is 16.1. The van der Waals surface area contributed by atoms with Gasteiger partial charge in [-0.2, -0.15) is 0 Å². The molecule has 0 saturated carbocycles. The van der Waals surface area contributed by atoms with Crippen LogP contribution in [0, 0.1) is 5.92 Å². The molecule has 1 aromatic rings. The maximum atomic E-state index is 12.3. The van der Waals surface area contributed by atoms with Crippen molar-refractivity contribution in [1.82, 2.24) is 0 Å². The summed E-state index contributed by atoms with van der Waals surface area (Å²) >= 11 is 4.91. The number of anilines is 2. The Morgan fingerprint density at radius 3 is 2.56 bits per heavy atom. The lowest BCUT2D eigenvalue weighted by Gasteiger charge is -2.36. The highest BCUT2D eigenvalue weighted by Gasteiger charge is 2.28. The van der Waals surface area contributed by atoms with E-state index in [1.54, 1.807) is 11.8 Å². The minimum absolute atomic E-state index is 0.0250. The van der Waals surface area contributed by atoms with Crippen molar-refractivity contribution in [3.8, 4) is 0 Å². The van der Waals surface area contributed by atoms with Crippen LogP contribution in [0.25, 0.3) is 0 Å². The zero-order chi connectivity index (χ0) is 13.3. The van der Waals surface area contributed by atoms with E-state index in [-0.39, 0.29) is 10.9 Å². The van der Waals surface area contributed by atoms with E-state index in [9.17, 15) is 4.79 Å². The first kappa shape index (κ1) is 12.8. The monoisotopic (exact) mass is 263 g/mol. The second-order valence-electron chi connectivity index (χ2n) is 4.52. The summed E-state index contributed by atoms with van der Waals surface area (Å²) in [5.41, 5.74) is 7.56. The van der Waals surface area contributed by atoms with Gasteiger partial charge in [-0.1, -0.05) is 24.4 Å². The molecule has 0 fully saturated rings. The van der Waals surface area contributed by atoms with Crippen LogP contribution in [0.15, 0.2) is 24.3 Å². The molecule has 1 unspecified atom stereocenters. The van der Waals surface area contributed by atoms with Crippen molar-refractivity contribution in [2.24, 2.45) is 11.7 Å². The highest BCUT2D eigenvalue weighted by Crippen LogP contribution is 2.32. The molecule has 2 rings (SSSR count). The Morgan fingerprint density at radius 1 is 1.33 bits per heavy atom. The van der Waals surface area contributed by atoms with E-state index in [0.717, 1.165) is 17.9 Å². The van der Waals surface area contributed by atoms with Gasteiger partial charge in [0.25, 0.3) is 0 Å². The van der Waals surface area contributed by atoms with Crippen LogP contribution in [-0.4, -0.2) is 31.0 Å². The van der Waals surface area contributed by atoms with Crippen LogP contribution in [0.5, 0.6) is 0 Å². The second-order valence-corrected chi connectivity index (χ2v) is 5.00. The average Bonchev–Trinajstić information content (AvgIpc) is 2.38. The Balaban J connectivity index is 2.34. The van der Waals surface area contributed by atoms with E-state index in [1.165, 1.54) is 0 Å². The van der Waals surface area contributed by atoms with E-state index in [1.807, 2.05) is 31.3 Å². The number of para-hydroxylation sites is 2. The van der Waals surface area contributed by atoms with E-state index in [0.29, 0.717) is 6.54 Å². The van der Waals surface area contributed by atoms with E-state index < -0.39 is 5.92 Å². The Morgan fingerprint density at radius 2 is 1.94 bits per heavy atom. The predicted octanol–water partition coefficient (Wildman–Crippen LogP) is 1.39. The average molecular weight is 263 g/mol. The van der Waals surface area contributed by atoms with Crippen LogP contribution < -0.4 is 15.5 Å². The molecule has 18 heavy (non-hydrogen) atoms. The third-order valence-electron chi connectivity index (χ3n) is 3.31. The maximum Gasteiger partial charge on any atom is 0.236 e. The first-order chi connectivity index (χ1) is 8.52. The van der Waals surface area contributed by atoms with Crippen molar-refractivity contribution < 1.29 is 4.79 Å². The van der Waals surface area contributed by atoms with Crippen LogP contribution in [0.4, 0.5) is 11.4 Å². The number of amides is 1. The molecule has 0 radical (unpaired) electrons. The van der Waals surface area contributed by atoms with Gasteiger partial charge in [0.2, 0.25) is 5.91 Å². The Labute approximate surface area is 112 Å². The lowest BCUT2D eigenvalue weighted by Crippen LogP contribution is -2.46. The molecule has 0 bridgehead atoms. The van der Waals surface area contributed by atoms with E-state index in [4.69, 9.17) is 18.0 Å². The molecular weight excluding hydrogens is 246 g/mol. The van der Waals surface area contributed by atoms with Crippen molar-refractivity contribution in [1.29, 1.82) is 0 Å². The molecule has 1 aromatic carbocycles. The summed E-state index contributed by atoms with van der Waals surface area (Å²) in [5.74, 6) is -0.445. The third kappa shape index (κ3) is 2.18. The van der Waals surface area contributed by atoms with Crippen molar-refractivity contribution in [2.75, 3.05) is 29.9 Å². The fourth-order valence-corrected chi connectivity index (χ4v) is 2.19. The summed E-state index contributed by atoms with van der Waals surface area (Å²) in [6, 6.07) is 7.87. The molecule has 0 spiro atoms. The minimum Gasteiger partial charge on any atom is -0.393 e. The van der Waals surface area contributed by atoms with Gasteiger partial charge >= 0.3 is 0 Å². The van der Waals surface area contributed by atoms with Crippen LogP contribution in [0.3, 0.4) is 0 Å². The number of nitrogens with zero attached hydrogens (tertiary/aromatic N) is 2. The summed E-state index contributed by atoms with van der Waals surface area (Å²) in [6.45, 7) is 3.23. The SMILES string of the molecule is CC(C(=O)N1CCN(C)c2ccccc21)C(N)=S. The number of hydrogen-bond acceptors (Lipinski definition) is 3. The van der Waals surface area contributed by atoms with Gasteiger partial charge in [0.1, 0.15) is 0 Å². The highest BCUT2D eigenvalue weighted by atomic mass is 32.1. The number of carbonyl (C=O) groups excluding carboxylic acids is 1. The van der Waals surface area contributed by atoms with Crippen molar-refractivity contribution in [2.45, 2.75) is 6.92 Å². The molecule has 1 amide bonds. The zero-order valence-corrected chi connectivity index (χ0v) is 11.4. The predicted molar refractivity (Wildman–Crippen MR) is 78.0 cm³/mol. The van der Waals surface area contributed by atoms with Crippen molar-refractivity contribution in [3.63, 3.8) is 0 Å². The Bertz CT molecular complexity index is 489. The topological polar surface area (TPSA) is 49.6 Å². The summed E-state index contributed by atoms with van der Waals surface area (Å²) in [6.07, 6.45) is 0. The van der Waals surface area contributed by atoms with Crippen molar-refractivity contribution in [3.05, 3.63) is 24.3 Å². The van der Waals surface area contributed by atoms with Gasteiger partial charge in [-0.25, -0.2) is 0 Å². The van der Waals surface area contributed by atoms with Gasteiger partial charge in [0.15, 0.2) is 0 Å². The molecule has 1 heterocycles. The molecule has 1 aliphatic rings. The highest BCUT2D eigenvalue weighted by molar-refractivity contribution is 7.80. The molecule has 0 saturated heterocycles. The fourth-order valence-electron chi connectivity index (χ4n) is 2.09. The van der Waals surface area contributed by atoms with Gasteiger partial charge in [-0.15, -0.1) is 0 Å². The maximum absolute atomic E-state index is 12.3. The number of carbonyl (C=O) groups is 1. The van der Waals surface area contributed by atoms with E-state index >= 15 is 0 Å². The van der Waals surface area contributed by atoms with Gasteiger partial charge in [-0.3, -0.25) is 4.79 Å². The number of rotatable bonds is 2. The molecule has 1 atom stereocenters. The number of hydrogen-bond donors (Lipinski definition) is 1. The molecule has 4 nitrogen and oxygen atoms in total. The molecule has 1 aliphatic heterocycles. The van der Waals surface area contributed by atoms with E-state index in [2.05, 4.69) is 4.90 Å². The summed E-state index contributed by atoms with van der Waals surface area (Å²) in [4.78, 5) is 16.5. The first-order valence-corrected chi connectivity index (χ1v) is 6.34. The first-order valence-electron chi connectivity index (χ1n) is 5.93. The second kappa shape index (κ2) is 4.94. The van der Waals surface area contributed by atoms with Gasteiger partial charge in [0.05, 0.1) is 22.3 Å². The summed E-state index contributed by atoms with van der Waals surface area (Å²) in [7, 11) is 2.03. The van der Waals surface area contributed by atoms with Gasteiger partial charge < -0.3 is 15.5 Å². The Kier molecular flexibility index (Phi) is 3.52. The molecular formula is C13H17N3OS. The molecule has 96 valence electrons. The van der Waals surface area contributed by atoms with Gasteiger partial charge in [0, 0.05) is 20.1 Å². The molecule has 0 aromatic heterocycles. The lowest BCUT2D eigenvalue weighted by molar-refractivity contribution is -0.120. The number of fused-ring (bicyclic) bond motifs is 1. The number of thiocarbonyl (C=S) groups is 1. The number of benzene rings is 1. The van der Waals surface area contributed by atoms with Crippen LogP contribution in [-0.2, 0) is 4.79 Å². The largest absolute Gasteiger partial charge is 0.393 e. The third-order valence-corrected chi connectivity index (χ3v) is 3.66. The zero-order valence-electron chi connectivity index (χ0n) is 10.6. The van der Waals surface area contributed by atoms with Crippen LogP contribution >= 0.6 is 12.2 Å². The van der Waals surface area contributed by atoms with Crippen LogP contribution in [0.1, 0.15) is 6.92 Å².